The zero-order valence-corrected chi connectivity index (χ0v) is 13.5. The van der Waals surface area contributed by atoms with Crippen LogP contribution in [0.25, 0.3) is 16.3 Å². The Morgan fingerprint density at radius 1 is 1.25 bits per heavy atom. The number of azo groups is 1. The number of nitrogens with zero attached hydrogens (tertiary/aromatic N) is 3. The van der Waals surface area contributed by atoms with Gasteiger partial charge in [-0.1, -0.05) is 23.5 Å². The fraction of sp³-hybridized carbons (Fsp3) is 0.0588. The molecular weight excluding hydrogens is 326 g/mol. The average molecular weight is 339 g/mol. The van der Waals surface area contributed by atoms with Crippen LogP contribution in [0, 0.1) is 0 Å². The first-order chi connectivity index (χ1) is 11.7. The van der Waals surface area contributed by atoms with Gasteiger partial charge in [0.1, 0.15) is 5.75 Å². The van der Waals surface area contributed by atoms with Crippen LogP contribution >= 0.6 is 11.3 Å². The number of thiazole rings is 1. The quantitative estimate of drug-likeness (QED) is 0.427. The Morgan fingerprint density at radius 3 is 2.88 bits per heavy atom. The molecule has 120 valence electrons. The molecule has 3 aromatic rings. The molecule has 0 radical (unpaired) electrons. The molecular formula is C17H13N3O3S. The lowest BCUT2D eigenvalue weighted by Gasteiger charge is -2.00. The number of ether oxygens (including phenoxy) is 1. The summed E-state index contributed by atoms with van der Waals surface area (Å²) in [5.74, 6) is -0.425. The number of phenolic OH excluding ortho intramolecular Hbond substituents is 1. The third-order valence-corrected chi connectivity index (χ3v) is 4.06. The molecule has 0 saturated heterocycles. The SMILES string of the molecule is COC(=O)C=Cc1cc(O)ccc1N=Nc1nc2ccccc2s1. The van der Waals surface area contributed by atoms with Gasteiger partial charge in [-0.2, -0.15) is 0 Å². The largest absolute Gasteiger partial charge is 0.508 e. The zero-order valence-electron chi connectivity index (χ0n) is 12.7. The molecule has 0 aliphatic rings. The second-order valence-electron chi connectivity index (χ2n) is 4.76. The molecule has 0 aliphatic heterocycles. The maximum atomic E-state index is 11.2. The van der Waals surface area contributed by atoms with E-state index in [0.717, 1.165) is 10.2 Å². The number of phenols is 1. The lowest BCUT2D eigenvalue weighted by Crippen LogP contribution is -1.93. The molecule has 2 aromatic carbocycles. The summed E-state index contributed by atoms with van der Waals surface area (Å²) in [6.07, 6.45) is 2.77. The number of aromatic hydroxyl groups is 1. The molecule has 0 fully saturated rings. The van der Waals surface area contributed by atoms with Gasteiger partial charge in [-0.25, -0.2) is 9.78 Å². The van der Waals surface area contributed by atoms with Crippen LogP contribution in [0.15, 0.2) is 58.8 Å². The number of fused-ring (bicyclic) bond motifs is 1. The number of esters is 1. The number of hydrogen-bond donors (Lipinski definition) is 1. The molecule has 1 aromatic heterocycles. The van der Waals surface area contributed by atoms with Gasteiger partial charge in [0.15, 0.2) is 0 Å². The number of hydrogen-bond acceptors (Lipinski definition) is 7. The second kappa shape index (κ2) is 7.01. The Morgan fingerprint density at radius 2 is 2.08 bits per heavy atom. The van der Waals surface area contributed by atoms with Gasteiger partial charge in [0.05, 0.1) is 23.0 Å². The summed E-state index contributed by atoms with van der Waals surface area (Å²) in [7, 11) is 1.29. The van der Waals surface area contributed by atoms with E-state index in [-0.39, 0.29) is 5.75 Å². The topological polar surface area (TPSA) is 84.1 Å². The monoisotopic (exact) mass is 339 g/mol. The van der Waals surface area contributed by atoms with Crippen molar-refractivity contribution in [2.24, 2.45) is 10.2 Å². The number of carbonyl (C=O) groups excluding carboxylic acids is 1. The van der Waals surface area contributed by atoms with E-state index < -0.39 is 5.97 Å². The van der Waals surface area contributed by atoms with Crippen molar-refractivity contribution in [3.63, 3.8) is 0 Å². The normalized spacial score (nSPS) is 11.5. The van der Waals surface area contributed by atoms with Gasteiger partial charge in [0.2, 0.25) is 5.13 Å². The second-order valence-corrected chi connectivity index (χ2v) is 5.77. The van der Waals surface area contributed by atoms with E-state index in [1.807, 2.05) is 24.3 Å². The van der Waals surface area contributed by atoms with E-state index in [0.29, 0.717) is 16.4 Å². The van der Waals surface area contributed by atoms with Crippen LogP contribution in [-0.2, 0) is 9.53 Å². The molecule has 1 N–H and O–H groups in total. The summed E-state index contributed by atoms with van der Waals surface area (Å²) >= 11 is 1.43. The molecule has 0 bridgehead atoms. The van der Waals surface area contributed by atoms with E-state index in [4.69, 9.17) is 0 Å². The highest BCUT2D eigenvalue weighted by Crippen LogP contribution is 2.31. The standard InChI is InChI=1S/C17H13N3O3S/c1-23-16(22)9-6-11-10-12(21)7-8-13(11)19-20-17-18-14-4-2-3-5-15(14)24-17/h2-10,21H,1H3. The molecule has 0 atom stereocenters. The number of aromatic nitrogens is 1. The summed E-state index contributed by atoms with van der Waals surface area (Å²) in [4.78, 5) is 15.6. The highest BCUT2D eigenvalue weighted by molar-refractivity contribution is 7.21. The van der Waals surface area contributed by atoms with Crippen LogP contribution in [0.1, 0.15) is 5.56 Å². The molecule has 7 heteroatoms. The van der Waals surface area contributed by atoms with Gasteiger partial charge in [-0.05, 0) is 36.4 Å². The molecule has 0 spiro atoms. The van der Waals surface area contributed by atoms with Crippen LogP contribution in [0.5, 0.6) is 5.75 Å². The van der Waals surface area contributed by atoms with Crippen molar-refractivity contribution >= 4 is 44.4 Å². The summed E-state index contributed by atoms with van der Waals surface area (Å²) in [5.41, 5.74) is 1.92. The van der Waals surface area contributed by atoms with Crippen LogP contribution in [0.3, 0.4) is 0 Å². The minimum Gasteiger partial charge on any atom is -0.508 e. The Bertz CT molecular complexity index is 914. The number of methoxy groups -OCH3 is 1. The highest BCUT2D eigenvalue weighted by Gasteiger charge is 2.04. The predicted molar refractivity (Wildman–Crippen MR) is 93.0 cm³/mol. The lowest BCUT2D eigenvalue weighted by molar-refractivity contribution is -0.134. The highest BCUT2D eigenvalue weighted by atomic mass is 32.1. The lowest BCUT2D eigenvalue weighted by atomic mass is 10.1. The van der Waals surface area contributed by atoms with Crippen LogP contribution in [-0.4, -0.2) is 23.2 Å². The van der Waals surface area contributed by atoms with Crippen LogP contribution in [0.2, 0.25) is 0 Å². The Kier molecular flexibility index (Phi) is 4.62. The molecule has 6 nitrogen and oxygen atoms in total. The fourth-order valence-corrected chi connectivity index (χ4v) is 2.78. The third kappa shape index (κ3) is 3.64. The first-order valence-corrected chi connectivity index (χ1v) is 7.84. The Balaban J connectivity index is 1.91. The predicted octanol–water partition coefficient (Wildman–Crippen LogP) is 4.60. The van der Waals surface area contributed by atoms with E-state index >= 15 is 0 Å². The van der Waals surface area contributed by atoms with Crippen LogP contribution < -0.4 is 0 Å². The van der Waals surface area contributed by atoms with Crippen LogP contribution in [0.4, 0.5) is 10.8 Å². The molecule has 0 saturated carbocycles. The average Bonchev–Trinajstić information content (AvgIpc) is 3.01. The van der Waals surface area contributed by atoms with Gasteiger partial charge in [0.25, 0.3) is 0 Å². The van der Waals surface area contributed by atoms with Crippen molar-refractivity contribution in [3.8, 4) is 5.75 Å². The molecule has 1 heterocycles. The van der Waals surface area contributed by atoms with Crippen molar-refractivity contribution in [2.45, 2.75) is 0 Å². The Labute approximate surface area is 141 Å². The van der Waals surface area contributed by atoms with Gasteiger partial charge in [-0.3, -0.25) is 0 Å². The van der Waals surface area contributed by atoms with E-state index in [9.17, 15) is 9.90 Å². The minimum atomic E-state index is -0.493. The van der Waals surface area contributed by atoms with Gasteiger partial charge < -0.3 is 9.84 Å². The number of rotatable bonds is 4. The van der Waals surface area contributed by atoms with Gasteiger partial charge in [-0.15, -0.1) is 10.2 Å². The summed E-state index contributed by atoms with van der Waals surface area (Å²) in [6.45, 7) is 0. The van der Waals surface area contributed by atoms with Crippen molar-refractivity contribution < 1.29 is 14.6 Å². The number of benzene rings is 2. The minimum absolute atomic E-state index is 0.0680. The number of carbonyl (C=O) groups is 1. The number of para-hydroxylation sites is 1. The summed E-state index contributed by atoms with van der Waals surface area (Å²) < 4.78 is 5.58. The fourth-order valence-electron chi connectivity index (χ4n) is 1.99. The maximum absolute atomic E-state index is 11.2. The molecule has 3 rings (SSSR count). The van der Waals surface area contributed by atoms with E-state index in [1.54, 1.807) is 6.07 Å². The molecule has 0 unspecified atom stereocenters. The maximum Gasteiger partial charge on any atom is 0.330 e. The molecule has 24 heavy (non-hydrogen) atoms. The van der Waals surface area contributed by atoms with E-state index in [1.165, 1.54) is 42.7 Å². The van der Waals surface area contributed by atoms with Crippen molar-refractivity contribution in [2.75, 3.05) is 7.11 Å². The van der Waals surface area contributed by atoms with Crippen molar-refractivity contribution in [3.05, 3.63) is 54.1 Å². The smallest absolute Gasteiger partial charge is 0.330 e. The summed E-state index contributed by atoms with van der Waals surface area (Å²) in [6, 6.07) is 12.3. The first-order valence-electron chi connectivity index (χ1n) is 7.02. The van der Waals surface area contributed by atoms with Gasteiger partial charge in [0, 0.05) is 11.6 Å². The van der Waals surface area contributed by atoms with E-state index in [2.05, 4.69) is 19.9 Å². The molecule has 0 amide bonds. The Hall–Kier alpha value is -3.06. The van der Waals surface area contributed by atoms with Crippen molar-refractivity contribution in [1.29, 1.82) is 0 Å². The summed E-state index contributed by atoms with van der Waals surface area (Å²) in [5, 5.41) is 18.5. The first kappa shape index (κ1) is 15.8. The van der Waals surface area contributed by atoms with Gasteiger partial charge >= 0.3 is 5.97 Å². The third-order valence-electron chi connectivity index (χ3n) is 3.14. The zero-order chi connectivity index (χ0) is 16.9. The van der Waals surface area contributed by atoms with Crippen molar-refractivity contribution in [1.82, 2.24) is 4.98 Å². The molecule has 0 aliphatic carbocycles.